The quantitative estimate of drug-likeness (QED) is 0.633. The molecule has 0 heterocycles. The summed E-state index contributed by atoms with van der Waals surface area (Å²) in [6, 6.07) is 0. The van der Waals surface area contributed by atoms with Gasteiger partial charge in [0.15, 0.2) is 0 Å². The van der Waals surface area contributed by atoms with E-state index in [9.17, 15) is 0 Å². The van der Waals surface area contributed by atoms with Crippen LogP contribution in [0.4, 0.5) is 0 Å². The number of hydrogen-bond acceptors (Lipinski definition) is 4. The van der Waals surface area contributed by atoms with Crippen molar-refractivity contribution in [1.29, 1.82) is 21.0 Å². The number of quaternary nitrogens is 2. The Morgan fingerprint density at radius 1 is 0.455 bits per heavy atom. The van der Waals surface area contributed by atoms with Gasteiger partial charge in [0, 0.05) is 0 Å². The SMILES string of the molecule is [C-]#N.[C-]#N.[C-]#N.[C-]#N.[NH4+].[NH4+].[Pt+2]. The third-order valence-electron chi connectivity index (χ3n) is 0. The molecule has 0 aromatic carbocycles. The van der Waals surface area contributed by atoms with E-state index < -0.39 is 0 Å². The summed E-state index contributed by atoms with van der Waals surface area (Å²) in [5.74, 6) is 0. The van der Waals surface area contributed by atoms with Gasteiger partial charge in [-0.25, -0.2) is 0 Å². The van der Waals surface area contributed by atoms with Crippen LogP contribution < -0.4 is 12.3 Å². The van der Waals surface area contributed by atoms with Crippen LogP contribution in [0.15, 0.2) is 0 Å². The predicted molar refractivity (Wildman–Crippen MR) is 31.8 cm³/mol. The zero-order chi connectivity index (χ0) is 8.00. The Morgan fingerprint density at radius 2 is 0.455 bits per heavy atom. The molecule has 0 unspecified atom stereocenters. The molecular weight excluding hydrogens is 327 g/mol. The second-order valence-corrected chi connectivity index (χ2v) is 0. The van der Waals surface area contributed by atoms with E-state index in [1.165, 1.54) is 0 Å². The zero-order valence-electron chi connectivity index (χ0n) is 6.11. The van der Waals surface area contributed by atoms with E-state index in [-0.39, 0.29) is 33.4 Å². The molecule has 8 N–H and O–H groups in total. The Morgan fingerprint density at radius 3 is 0.455 bits per heavy atom. The first kappa shape index (κ1) is 106. The maximum atomic E-state index is 6.25. The molecule has 0 atom stereocenters. The first-order valence-electron chi connectivity index (χ1n) is 0.894. The molecule has 64 valence electrons. The number of nitrogens with zero attached hydrogens (tertiary/aromatic N) is 4. The van der Waals surface area contributed by atoms with E-state index in [0.29, 0.717) is 0 Å². The average Bonchev–Trinajstić information content (AvgIpc) is 2.03. The summed E-state index contributed by atoms with van der Waals surface area (Å²) in [6.45, 7) is 19.0. The second-order valence-electron chi connectivity index (χ2n) is 0. The van der Waals surface area contributed by atoms with Crippen molar-refractivity contribution in [2.45, 2.75) is 0 Å². The van der Waals surface area contributed by atoms with Crippen molar-refractivity contribution >= 4 is 0 Å². The van der Waals surface area contributed by atoms with Gasteiger partial charge in [0.1, 0.15) is 0 Å². The van der Waals surface area contributed by atoms with E-state index in [2.05, 4.69) is 0 Å². The summed E-state index contributed by atoms with van der Waals surface area (Å²) in [4.78, 5) is 0. The van der Waals surface area contributed by atoms with Gasteiger partial charge in [-0.15, -0.1) is 0 Å². The smallest absolute Gasteiger partial charge is 0.512 e. The van der Waals surface area contributed by atoms with Gasteiger partial charge < -0.3 is 59.6 Å². The monoisotopic (exact) mass is 335 g/mol. The molecule has 11 heavy (non-hydrogen) atoms. The van der Waals surface area contributed by atoms with E-state index in [1.807, 2.05) is 0 Å². The van der Waals surface area contributed by atoms with Gasteiger partial charge in [-0.2, -0.15) is 0 Å². The standard InChI is InChI=1S/4CN.2H3N.Pt/c4*1-2;;;/h;;;;2*1H3;/q4*-1;;;+2/p+2. The van der Waals surface area contributed by atoms with Gasteiger partial charge in [0.25, 0.3) is 0 Å². The fourth-order valence-corrected chi connectivity index (χ4v) is 0. The van der Waals surface area contributed by atoms with Crippen LogP contribution >= 0.6 is 0 Å². The third kappa shape index (κ3) is 180. The average molecular weight is 335 g/mol. The van der Waals surface area contributed by atoms with Crippen molar-refractivity contribution in [1.82, 2.24) is 12.3 Å². The molecule has 0 spiro atoms. The number of rotatable bonds is 0. The molecule has 0 aromatic heterocycles. The molecule has 7 heteroatoms. The van der Waals surface area contributed by atoms with Crippen LogP contribution in [0.25, 0.3) is 0 Å². The maximum Gasteiger partial charge on any atom is 2.00 e. The largest absolute Gasteiger partial charge is 2.00 e. The summed E-state index contributed by atoms with van der Waals surface area (Å²) in [7, 11) is 0. The Kier molecular flexibility index (Phi) is 2320. The molecular formula is C4H8N6Pt. The van der Waals surface area contributed by atoms with E-state index in [0.717, 1.165) is 0 Å². The van der Waals surface area contributed by atoms with Crippen molar-refractivity contribution in [2.75, 3.05) is 0 Å². The van der Waals surface area contributed by atoms with Crippen LogP contribution in [0.3, 0.4) is 0 Å². The molecule has 0 bridgehead atoms. The normalized spacial score (nSPS) is 0.727. The first-order valence-corrected chi connectivity index (χ1v) is 0.894. The molecule has 0 aromatic rings. The minimum absolute atomic E-state index is 0. The number of hydrogen-bond donors (Lipinski definition) is 2. The molecule has 0 rings (SSSR count). The Bertz CT molecular complexity index is 57.6. The van der Waals surface area contributed by atoms with E-state index in [1.54, 1.807) is 0 Å². The zero-order valence-corrected chi connectivity index (χ0v) is 8.38. The third-order valence-corrected chi connectivity index (χ3v) is 0. The van der Waals surface area contributed by atoms with Gasteiger partial charge in [0.05, 0.1) is 0 Å². The Labute approximate surface area is 81.1 Å². The maximum absolute atomic E-state index is 6.25. The van der Waals surface area contributed by atoms with Crippen molar-refractivity contribution < 1.29 is 21.1 Å². The van der Waals surface area contributed by atoms with Crippen LogP contribution in [-0.2, 0) is 21.1 Å². The first-order chi connectivity index (χ1) is 4.00. The van der Waals surface area contributed by atoms with Gasteiger partial charge in [0.2, 0.25) is 0 Å². The molecule has 0 saturated carbocycles. The molecule has 6 nitrogen and oxygen atoms in total. The van der Waals surface area contributed by atoms with Crippen LogP contribution in [0.2, 0.25) is 0 Å². The summed E-state index contributed by atoms with van der Waals surface area (Å²) in [5.41, 5.74) is 0. The van der Waals surface area contributed by atoms with Crippen molar-refractivity contribution in [3.8, 4) is 0 Å². The summed E-state index contributed by atoms with van der Waals surface area (Å²) in [5, 5.41) is 25.0. The summed E-state index contributed by atoms with van der Waals surface area (Å²) < 4.78 is 0. The van der Waals surface area contributed by atoms with Crippen molar-refractivity contribution in [3.63, 3.8) is 0 Å². The molecule has 0 fully saturated rings. The molecule has 0 amide bonds. The van der Waals surface area contributed by atoms with E-state index in [4.69, 9.17) is 47.3 Å². The summed E-state index contributed by atoms with van der Waals surface area (Å²) in [6.07, 6.45) is 0. The van der Waals surface area contributed by atoms with Crippen molar-refractivity contribution in [3.05, 3.63) is 26.3 Å². The predicted octanol–water partition coefficient (Wildman–Crippen LogP) is 1.14. The van der Waals surface area contributed by atoms with Gasteiger partial charge in [-0.1, -0.05) is 0 Å². The molecule has 0 saturated heterocycles. The molecule has 0 radical (unpaired) electrons. The van der Waals surface area contributed by atoms with Gasteiger partial charge in [-0.05, 0) is 0 Å². The van der Waals surface area contributed by atoms with Gasteiger partial charge >= 0.3 is 21.1 Å². The minimum atomic E-state index is 0. The van der Waals surface area contributed by atoms with Crippen molar-refractivity contribution in [2.24, 2.45) is 0 Å². The fourth-order valence-electron chi connectivity index (χ4n) is 0. The Hall–Kier alpha value is -1.43. The minimum Gasteiger partial charge on any atom is -0.512 e. The summed E-state index contributed by atoms with van der Waals surface area (Å²) >= 11 is 0. The molecule has 0 aliphatic rings. The van der Waals surface area contributed by atoms with Crippen LogP contribution in [0.5, 0.6) is 0 Å². The van der Waals surface area contributed by atoms with Crippen LogP contribution in [0.1, 0.15) is 0 Å². The van der Waals surface area contributed by atoms with E-state index >= 15 is 0 Å². The van der Waals surface area contributed by atoms with Crippen LogP contribution in [0, 0.1) is 47.3 Å². The fraction of sp³-hybridized carbons (Fsp3) is 0. The Balaban J connectivity index is -0.00000000356. The van der Waals surface area contributed by atoms with Crippen LogP contribution in [-0.4, -0.2) is 0 Å². The topological polar surface area (TPSA) is 168 Å². The van der Waals surface area contributed by atoms with Gasteiger partial charge in [-0.3, -0.25) is 0 Å². The molecule has 0 aliphatic carbocycles. The molecule has 0 aliphatic heterocycles. The second kappa shape index (κ2) is 239.